The van der Waals surface area contributed by atoms with Gasteiger partial charge in [0.2, 0.25) is 11.8 Å². The van der Waals surface area contributed by atoms with Crippen LogP contribution in [0.25, 0.3) is 0 Å². The van der Waals surface area contributed by atoms with Gasteiger partial charge >= 0.3 is 6.09 Å². The van der Waals surface area contributed by atoms with Crippen molar-refractivity contribution in [2.45, 2.75) is 32.6 Å². The Kier molecular flexibility index (Phi) is 5.96. The molecule has 1 rings (SSSR count). The molecule has 7 nitrogen and oxygen atoms in total. The number of nitrogens with one attached hydrogen (secondary N) is 3. The smallest absolute Gasteiger partial charge is 0.426 e. The summed E-state index contributed by atoms with van der Waals surface area (Å²) in [4.78, 5) is 33.3. The Hall–Kier alpha value is -1.79. The van der Waals surface area contributed by atoms with Crippen LogP contribution in [0.3, 0.4) is 0 Å². The molecule has 7 heteroatoms. The van der Waals surface area contributed by atoms with Gasteiger partial charge in [0, 0.05) is 18.9 Å². The number of amides is 3. The van der Waals surface area contributed by atoms with Gasteiger partial charge in [0.05, 0.1) is 6.61 Å². The highest BCUT2D eigenvalue weighted by Crippen LogP contribution is 2.28. The Morgan fingerprint density at radius 1 is 1.22 bits per heavy atom. The molecule has 0 spiro atoms. The summed E-state index contributed by atoms with van der Waals surface area (Å²) in [5.41, 5.74) is 4.33. The van der Waals surface area contributed by atoms with Crippen molar-refractivity contribution >= 4 is 17.9 Å². The zero-order valence-electron chi connectivity index (χ0n) is 10.5. The summed E-state index contributed by atoms with van der Waals surface area (Å²) in [5.74, 6) is -0.0620. The van der Waals surface area contributed by atoms with Gasteiger partial charge in [-0.1, -0.05) is 0 Å². The summed E-state index contributed by atoms with van der Waals surface area (Å²) in [6, 6.07) is 0. The average molecular weight is 257 g/mol. The molecule has 0 aromatic rings. The molecule has 1 saturated carbocycles. The summed E-state index contributed by atoms with van der Waals surface area (Å²) in [7, 11) is 0. The maximum Gasteiger partial charge on any atom is 0.426 e. The molecule has 3 N–H and O–H groups in total. The van der Waals surface area contributed by atoms with E-state index in [2.05, 4.69) is 20.9 Å². The van der Waals surface area contributed by atoms with Gasteiger partial charge in [0.1, 0.15) is 0 Å². The molecule has 102 valence electrons. The van der Waals surface area contributed by atoms with Gasteiger partial charge in [-0.05, 0) is 26.2 Å². The minimum Gasteiger partial charge on any atom is -0.449 e. The maximum absolute atomic E-state index is 11.3. The molecule has 1 fully saturated rings. The predicted molar refractivity (Wildman–Crippen MR) is 63.3 cm³/mol. The van der Waals surface area contributed by atoms with Crippen molar-refractivity contribution in [3.63, 3.8) is 0 Å². The molecule has 18 heavy (non-hydrogen) atoms. The lowest BCUT2D eigenvalue weighted by Gasteiger charge is -2.07. The van der Waals surface area contributed by atoms with E-state index in [0.717, 1.165) is 12.8 Å². The second-order valence-corrected chi connectivity index (χ2v) is 4.06. The zero-order chi connectivity index (χ0) is 13.4. The molecule has 0 aromatic carbocycles. The molecule has 0 atom stereocenters. The number of carbonyl (C=O) groups is 3. The highest BCUT2D eigenvalue weighted by atomic mass is 16.5. The van der Waals surface area contributed by atoms with Gasteiger partial charge in [0.25, 0.3) is 0 Å². The van der Waals surface area contributed by atoms with Gasteiger partial charge < -0.3 is 10.1 Å². The summed E-state index contributed by atoms with van der Waals surface area (Å²) < 4.78 is 4.56. The lowest BCUT2D eigenvalue weighted by molar-refractivity contribution is -0.124. The first-order chi connectivity index (χ1) is 8.63. The molecule has 0 unspecified atom stereocenters. The van der Waals surface area contributed by atoms with Crippen LogP contribution in [0.4, 0.5) is 4.79 Å². The van der Waals surface area contributed by atoms with Crippen molar-refractivity contribution in [3.05, 3.63) is 0 Å². The Bertz CT molecular complexity index is 315. The second-order valence-electron chi connectivity index (χ2n) is 4.06. The number of hydrogen-bond donors (Lipinski definition) is 3. The third-order valence-corrected chi connectivity index (χ3v) is 2.41. The van der Waals surface area contributed by atoms with Crippen LogP contribution in [0, 0.1) is 5.92 Å². The largest absolute Gasteiger partial charge is 0.449 e. The Balaban J connectivity index is 1.95. The SMILES string of the molecule is CCOC(=O)NNC(=O)CCCNC(=O)C1CC1. The highest BCUT2D eigenvalue weighted by molar-refractivity contribution is 5.81. The van der Waals surface area contributed by atoms with Crippen LogP contribution in [0.1, 0.15) is 32.6 Å². The summed E-state index contributed by atoms with van der Waals surface area (Å²) in [6.07, 6.45) is 2.02. The molecule has 0 aromatic heterocycles. The normalized spacial score (nSPS) is 13.6. The second kappa shape index (κ2) is 7.52. The van der Waals surface area contributed by atoms with Gasteiger partial charge in [-0.2, -0.15) is 0 Å². The molecule has 0 radical (unpaired) electrons. The Morgan fingerprint density at radius 2 is 1.94 bits per heavy atom. The van der Waals surface area contributed by atoms with Crippen LogP contribution in [0.15, 0.2) is 0 Å². The number of hydrogen-bond acceptors (Lipinski definition) is 4. The number of ether oxygens (including phenoxy) is 1. The van der Waals surface area contributed by atoms with E-state index in [9.17, 15) is 14.4 Å². The quantitative estimate of drug-likeness (QED) is 0.463. The fourth-order valence-corrected chi connectivity index (χ4v) is 1.30. The van der Waals surface area contributed by atoms with E-state index in [1.165, 1.54) is 0 Å². The van der Waals surface area contributed by atoms with Crippen LogP contribution in [0.5, 0.6) is 0 Å². The first kappa shape index (κ1) is 14.3. The number of hydrazine groups is 1. The van der Waals surface area contributed by atoms with Gasteiger partial charge in [0.15, 0.2) is 0 Å². The monoisotopic (exact) mass is 257 g/mol. The van der Waals surface area contributed by atoms with Crippen molar-refractivity contribution in [3.8, 4) is 0 Å². The fourth-order valence-electron chi connectivity index (χ4n) is 1.30. The van der Waals surface area contributed by atoms with Gasteiger partial charge in [-0.25, -0.2) is 10.2 Å². The van der Waals surface area contributed by atoms with E-state index in [0.29, 0.717) is 13.0 Å². The van der Waals surface area contributed by atoms with Crippen LogP contribution in [-0.4, -0.2) is 31.1 Å². The number of rotatable bonds is 6. The van der Waals surface area contributed by atoms with Crippen molar-refractivity contribution in [1.82, 2.24) is 16.2 Å². The van der Waals surface area contributed by atoms with Gasteiger partial charge in [-0.3, -0.25) is 15.0 Å². The highest BCUT2D eigenvalue weighted by Gasteiger charge is 2.28. The first-order valence-corrected chi connectivity index (χ1v) is 6.12. The van der Waals surface area contributed by atoms with Crippen LogP contribution in [-0.2, 0) is 14.3 Å². The molecular weight excluding hydrogens is 238 g/mol. The maximum atomic E-state index is 11.3. The molecule has 1 aliphatic rings. The molecule has 0 aliphatic heterocycles. The van der Waals surface area contributed by atoms with E-state index in [1.807, 2.05) is 0 Å². The van der Waals surface area contributed by atoms with E-state index >= 15 is 0 Å². The topological polar surface area (TPSA) is 96.5 Å². The third-order valence-electron chi connectivity index (χ3n) is 2.41. The summed E-state index contributed by atoms with van der Waals surface area (Å²) in [6.45, 7) is 2.39. The molecule has 0 bridgehead atoms. The van der Waals surface area contributed by atoms with E-state index < -0.39 is 6.09 Å². The molecular formula is C11H19N3O4. The lowest BCUT2D eigenvalue weighted by Crippen LogP contribution is -2.42. The van der Waals surface area contributed by atoms with Crippen LogP contribution in [0.2, 0.25) is 0 Å². The minimum atomic E-state index is -0.687. The van der Waals surface area contributed by atoms with E-state index in [1.54, 1.807) is 6.92 Å². The first-order valence-electron chi connectivity index (χ1n) is 6.12. The summed E-state index contributed by atoms with van der Waals surface area (Å²) in [5, 5.41) is 2.75. The molecule has 1 aliphatic carbocycles. The van der Waals surface area contributed by atoms with Crippen molar-refractivity contribution < 1.29 is 19.1 Å². The van der Waals surface area contributed by atoms with Crippen LogP contribution >= 0.6 is 0 Å². The standard InChI is InChI=1S/C11H19N3O4/c1-2-18-11(17)14-13-9(15)4-3-7-12-10(16)8-5-6-8/h8H,2-7H2,1H3,(H,12,16)(H,13,15)(H,14,17). The van der Waals surface area contributed by atoms with E-state index in [4.69, 9.17) is 0 Å². The third kappa shape index (κ3) is 6.07. The Labute approximate surface area is 106 Å². The minimum absolute atomic E-state index is 0.0695. The van der Waals surface area contributed by atoms with Crippen molar-refractivity contribution in [1.29, 1.82) is 0 Å². The zero-order valence-corrected chi connectivity index (χ0v) is 10.5. The van der Waals surface area contributed by atoms with Crippen LogP contribution < -0.4 is 16.2 Å². The average Bonchev–Trinajstić information content (AvgIpc) is 3.16. The molecule has 0 heterocycles. The predicted octanol–water partition coefficient (Wildman–Crippen LogP) is 0.0701. The molecule has 0 saturated heterocycles. The Morgan fingerprint density at radius 3 is 2.56 bits per heavy atom. The number of carbonyl (C=O) groups excluding carboxylic acids is 3. The fraction of sp³-hybridized carbons (Fsp3) is 0.727. The lowest BCUT2D eigenvalue weighted by atomic mass is 10.3. The summed E-state index contributed by atoms with van der Waals surface area (Å²) >= 11 is 0. The van der Waals surface area contributed by atoms with Crippen molar-refractivity contribution in [2.24, 2.45) is 5.92 Å². The van der Waals surface area contributed by atoms with Gasteiger partial charge in [-0.15, -0.1) is 0 Å². The van der Waals surface area contributed by atoms with Crippen molar-refractivity contribution in [2.75, 3.05) is 13.2 Å². The molecule has 3 amide bonds. The van der Waals surface area contributed by atoms with E-state index in [-0.39, 0.29) is 30.8 Å².